The molecule has 1 aromatic carbocycles. The molecule has 0 aliphatic carbocycles. The predicted molar refractivity (Wildman–Crippen MR) is 138 cm³/mol. The highest BCUT2D eigenvalue weighted by atomic mass is 35.5. The van der Waals surface area contributed by atoms with Crippen LogP contribution in [-0.2, 0) is 16.8 Å². The van der Waals surface area contributed by atoms with Crippen molar-refractivity contribution < 1.29 is 19.3 Å². The van der Waals surface area contributed by atoms with Crippen LogP contribution in [0.5, 0.6) is 0 Å². The molecule has 3 heterocycles. The summed E-state index contributed by atoms with van der Waals surface area (Å²) in [5, 5.41) is 21.8. The number of aryl methyl sites for hydroxylation is 1. The van der Waals surface area contributed by atoms with Crippen LogP contribution in [0.1, 0.15) is 71.6 Å². The molecule has 0 spiro atoms. The maximum Gasteiger partial charge on any atom is 0.151 e. The van der Waals surface area contributed by atoms with Gasteiger partial charge in [0.1, 0.15) is 22.8 Å². The van der Waals surface area contributed by atoms with E-state index in [1.165, 1.54) is 6.07 Å². The van der Waals surface area contributed by atoms with Crippen molar-refractivity contribution in [2.75, 3.05) is 13.2 Å². The normalized spacial score (nSPS) is 21.3. The molecule has 3 atom stereocenters. The van der Waals surface area contributed by atoms with Crippen LogP contribution in [0.4, 0.5) is 4.39 Å². The van der Waals surface area contributed by atoms with Crippen molar-refractivity contribution in [2.45, 2.75) is 78.0 Å². The maximum absolute atomic E-state index is 15.3. The SMILES string of the molecule is CC[C@@H]1COCC[C@H](CCc2ncc(Cl)c(-c3cc(F)c4nc(C(C)(C)O)n(C(C)C)c4c3)n2)[C@H]1O. The Morgan fingerprint density at radius 3 is 2.67 bits per heavy atom. The molecule has 1 fully saturated rings. The average molecular weight is 519 g/mol. The molecule has 2 aromatic heterocycles. The van der Waals surface area contributed by atoms with Crippen LogP contribution in [0.25, 0.3) is 22.3 Å². The molecule has 0 radical (unpaired) electrons. The van der Waals surface area contributed by atoms with Gasteiger partial charge in [0.2, 0.25) is 0 Å². The van der Waals surface area contributed by atoms with Gasteiger partial charge in [-0.3, -0.25) is 0 Å². The Hall–Kier alpha value is -2.13. The number of benzene rings is 1. The van der Waals surface area contributed by atoms with E-state index in [9.17, 15) is 10.2 Å². The molecule has 36 heavy (non-hydrogen) atoms. The van der Waals surface area contributed by atoms with Crippen LogP contribution in [0.2, 0.25) is 5.02 Å². The van der Waals surface area contributed by atoms with Crippen molar-refractivity contribution in [3.05, 3.63) is 40.8 Å². The summed E-state index contributed by atoms with van der Waals surface area (Å²) in [6.45, 7) is 10.5. The van der Waals surface area contributed by atoms with Gasteiger partial charge in [-0.05, 0) is 65.0 Å². The number of hydrogen-bond donors (Lipinski definition) is 2. The van der Waals surface area contributed by atoms with Crippen LogP contribution >= 0.6 is 11.6 Å². The molecular weight excluding hydrogens is 483 g/mol. The standard InChI is InChI=1S/C27H36ClFN4O3/c1-6-16-14-36-10-9-17(25(16)34)7-8-22-30-13-19(28)23(31-22)18-11-20(29)24-21(12-18)33(15(2)3)26(32-24)27(4,5)35/h11-13,15-17,25,34-35H,6-10,14H2,1-5H3/t16-,17+,25+/m1/s1. The van der Waals surface area contributed by atoms with Crippen LogP contribution < -0.4 is 0 Å². The second kappa shape index (κ2) is 10.7. The van der Waals surface area contributed by atoms with Gasteiger partial charge in [0.15, 0.2) is 5.82 Å². The smallest absolute Gasteiger partial charge is 0.151 e. The van der Waals surface area contributed by atoms with Gasteiger partial charge in [0, 0.05) is 36.7 Å². The number of aliphatic hydroxyl groups excluding tert-OH is 1. The van der Waals surface area contributed by atoms with Gasteiger partial charge in [-0.15, -0.1) is 0 Å². The minimum atomic E-state index is -1.24. The Morgan fingerprint density at radius 1 is 1.25 bits per heavy atom. The molecule has 4 rings (SSSR count). The Bertz CT molecular complexity index is 1220. The highest BCUT2D eigenvalue weighted by molar-refractivity contribution is 6.32. The van der Waals surface area contributed by atoms with Gasteiger partial charge < -0.3 is 19.5 Å². The van der Waals surface area contributed by atoms with E-state index in [0.29, 0.717) is 53.1 Å². The van der Waals surface area contributed by atoms with Crippen LogP contribution in [0.3, 0.4) is 0 Å². The summed E-state index contributed by atoms with van der Waals surface area (Å²) in [5.41, 5.74) is 0.497. The number of aliphatic hydroxyl groups is 2. The van der Waals surface area contributed by atoms with Gasteiger partial charge in [-0.1, -0.05) is 18.5 Å². The van der Waals surface area contributed by atoms with Gasteiger partial charge in [-0.25, -0.2) is 19.3 Å². The lowest BCUT2D eigenvalue weighted by Gasteiger charge is -2.25. The topological polar surface area (TPSA) is 93.3 Å². The van der Waals surface area contributed by atoms with Crippen molar-refractivity contribution in [3.63, 3.8) is 0 Å². The summed E-state index contributed by atoms with van der Waals surface area (Å²) in [6, 6.07) is 3.14. The Balaban J connectivity index is 1.68. The summed E-state index contributed by atoms with van der Waals surface area (Å²) in [6.07, 6.45) is 4.09. The molecule has 196 valence electrons. The Kier molecular flexibility index (Phi) is 8.00. The zero-order valence-corrected chi connectivity index (χ0v) is 22.4. The fraction of sp³-hybridized carbons (Fsp3) is 0.593. The van der Waals surface area contributed by atoms with E-state index in [2.05, 4.69) is 16.9 Å². The molecule has 9 heteroatoms. The fourth-order valence-corrected chi connectivity index (χ4v) is 5.28. The third-order valence-electron chi connectivity index (χ3n) is 7.07. The van der Waals surface area contributed by atoms with E-state index >= 15 is 4.39 Å². The van der Waals surface area contributed by atoms with E-state index < -0.39 is 17.5 Å². The molecule has 7 nitrogen and oxygen atoms in total. The molecular formula is C27H36ClFN4O3. The maximum atomic E-state index is 15.3. The van der Waals surface area contributed by atoms with Gasteiger partial charge in [0.25, 0.3) is 0 Å². The summed E-state index contributed by atoms with van der Waals surface area (Å²) < 4.78 is 22.8. The number of hydrogen-bond acceptors (Lipinski definition) is 6. The molecule has 1 saturated heterocycles. The number of aromatic nitrogens is 4. The second-order valence-corrected chi connectivity index (χ2v) is 11.0. The first-order valence-corrected chi connectivity index (χ1v) is 13.1. The van der Waals surface area contributed by atoms with Crippen LogP contribution in [0, 0.1) is 17.7 Å². The molecule has 2 N–H and O–H groups in total. The predicted octanol–water partition coefficient (Wildman–Crippen LogP) is 5.45. The lowest BCUT2D eigenvalue weighted by atomic mass is 9.85. The number of rotatable bonds is 7. The van der Waals surface area contributed by atoms with Gasteiger partial charge in [-0.2, -0.15) is 0 Å². The number of nitrogens with zero attached hydrogens (tertiary/aromatic N) is 4. The number of halogens is 2. The Morgan fingerprint density at radius 2 is 2.00 bits per heavy atom. The van der Waals surface area contributed by atoms with Crippen LogP contribution in [0.15, 0.2) is 18.3 Å². The zero-order valence-electron chi connectivity index (χ0n) is 21.6. The van der Waals surface area contributed by atoms with E-state index in [4.69, 9.17) is 21.3 Å². The third kappa shape index (κ3) is 5.42. The summed E-state index contributed by atoms with van der Waals surface area (Å²) >= 11 is 6.48. The third-order valence-corrected chi connectivity index (χ3v) is 7.35. The van der Waals surface area contributed by atoms with Crippen molar-refractivity contribution in [3.8, 4) is 11.3 Å². The summed E-state index contributed by atoms with van der Waals surface area (Å²) in [7, 11) is 0. The zero-order chi connectivity index (χ0) is 26.2. The van der Waals surface area contributed by atoms with E-state index in [1.807, 2.05) is 24.5 Å². The minimum Gasteiger partial charge on any atom is -0.392 e. The van der Waals surface area contributed by atoms with Crippen molar-refractivity contribution >= 4 is 22.6 Å². The largest absolute Gasteiger partial charge is 0.392 e. The van der Waals surface area contributed by atoms with E-state index in [-0.39, 0.29) is 23.4 Å². The summed E-state index contributed by atoms with van der Waals surface area (Å²) in [4.78, 5) is 13.5. The summed E-state index contributed by atoms with van der Waals surface area (Å²) in [5.74, 6) is 0.725. The number of imidazole rings is 1. The number of fused-ring (bicyclic) bond motifs is 1. The highest BCUT2D eigenvalue weighted by Gasteiger charge is 2.30. The molecule has 0 bridgehead atoms. The van der Waals surface area contributed by atoms with Crippen LogP contribution in [-0.4, -0.2) is 49.0 Å². The van der Waals surface area contributed by atoms with E-state index in [1.54, 1.807) is 20.0 Å². The average Bonchev–Trinajstić information content (AvgIpc) is 3.13. The fourth-order valence-electron chi connectivity index (χ4n) is 5.08. The highest BCUT2D eigenvalue weighted by Crippen LogP contribution is 2.35. The lowest BCUT2D eigenvalue weighted by molar-refractivity contribution is 0.0327. The molecule has 0 unspecified atom stereocenters. The molecule has 1 aliphatic rings. The lowest BCUT2D eigenvalue weighted by Crippen LogP contribution is -2.29. The molecule has 0 amide bonds. The first-order valence-electron chi connectivity index (χ1n) is 12.7. The Labute approximate surface area is 216 Å². The van der Waals surface area contributed by atoms with E-state index in [0.717, 1.165) is 19.3 Å². The van der Waals surface area contributed by atoms with Crippen molar-refractivity contribution in [1.82, 2.24) is 19.5 Å². The van der Waals surface area contributed by atoms with Crippen molar-refractivity contribution in [1.29, 1.82) is 0 Å². The van der Waals surface area contributed by atoms with Crippen molar-refractivity contribution in [2.24, 2.45) is 11.8 Å². The second-order valence-electron chi connectivity index (χ2n) is 10.6. The minimum absolute atomic E-state index is 0.0514. The first kappa shape index (κ1) is 26.9. The number of ether oxygens (including phenoxy) is 1. The molecule has 3 aromatic rings. The first-order chi connectivity index (χ1) is 17.0. The monoisotopic (exact) mass is 518 g/mol. The molecule has 0 saturated carbocycles. The quantitative estimate of drug-likeness (QED) is 0.432. The van der Waals surface area contributed by atoms with Gasteiger partial charge in [0.05, 0.1) is 28.9 Å². The molecule has 1 aliphatic heterocycles. The van der Waals surface area contributed by atoms with Gasteiger partial charge >= 0.3 is 0 Å².